The quantitative estimate of drug-likeness (QED) is 0.272. The number of aromatic nitrogens is 1. The van der Waals surface area contributed by atoms with Crippen molar-refractivity contribution < 1.29 is 8.83 Å². The molecule has 0 saturated carbocycles. The van der Waals surface area contributed by atoms with Gasteiger partial charge in [0.1, 0.15) is 11.2 Å². The van der Waals surface area contributed by atoms with Gasteiger partial charge in [-0.15, -0.1) is 0 Å². The average Bonchev–Trinajstić information content (AvgIpc) is 2.91. The summed E-state index contributed by atoms with van der Waals surface area (Å²) in [6.45, 7) is 0. The molecule has 5 nitrogen and oxygen atoms in total. The highest BCUT2D eigenvalue weighted by Crippen LogP contribution is 2.26. The van der Waals surface area contributed by atoms with Crippen LogP contribution in [0.15, 0.2) is 122 Å². The summed E-state index contributed by atoms with van der Waals surface area (Å²) < 4.78 is 11.1. The lowest BCUT2D eigenvalue weighted by molar-refractivity contribution is 0.563. The molecule has 5 heteroatoms. The molecule has 0 radical (unpaired) electrons. The Hall–Kier alpha value is -4.77. The molecule has 0 atom stereocenters. The van der Waals surface area contributed by atoms with Gasteiger partial charge in [-0.25, -0.2) is 14.6 Å². The second kappa shape index (κ2) is 9.12. The summed E-state index contributed by atoms with van der Waals surface area (Å²) in [5, 5.41) is 1.60. The second-order valence-electron chi connectivity index (χ2n) is 8.70. The van der Waals surface area contributed by atoms with Crippen LogP contribution in [0.4, 0.5) is 0 Å². The Morgan fingerprint density at radius 2 is 1.00 bits per heavy atom. The van der Waals surface area contributed by atoms with Crippen LogP contribution in [-0.4, -0.2) is 4.98 Å². The zero-order chi connectivity index (χ0) is 24.5. The summed E-state index contributed by atoms with van der Waals surface area (Å²) in [5.74, 6) is 0. The summed E-state index contributed by atoms with van der Waals surface area (Å²) in [6.07, 6.45) is 1.52. The van der Waals surface area contributed by atoms with E-state index in [4.69, 9.17) is 13.8 Å². The minimum absolute atomic E-state index is 0.349. The number of nitrogens with zero attached hydrogens (tertiary/aromatic N) is 1. The monoisotopic (exact) mass is 471 g/mol. The molecule has 0 saturated heterocycles. The van der Waals surface area contributed by atoms with Gasteiger partial charge >= 0.3 is 11.3 Å². The van der Waals surface area contributed by atoms with E-state index in [1.54, 1.807) is 24.3 Å². The summed E-state index contributed by atoms with van der Waals surface area (Å²) in [5.41, 5.74) is 3.86. The largest absolute Gasteiger partial charge is 0.422 e. The number of benzene rings is 3. The first-order chi connectivity index (χ1) is 17.6. The molecular weight excluding hydrogens is 450 g/mol. The lowest BCUT2D eigenvalue weighted by Gasteiger charge is -2.10. The molecular formula is C31H21NO4. The molecule has 0 N–H and O–H groups in total. The van der Waals surface area contributed by atoms with Gasteiger partial charge in [-0.1, -0.05) is 66.7 Å². The third kappa shape index (κ3) is 4.23. The van der Waals surface area contributed by atoms with Gasteiger partial charge in [-0.05, 0) is 60.4 Å². The molecule has 0 aliphatic carbocycles. The maximum atomic E-state index is 12.9. The van der Waals surface area contributed by atoms with Crippen molar-refractivity contribution in [2.45, 2.75) is 12.8 Å². The molecule has 0 spiro atoms. The number of aryl methyl sites for hydroxylation is 2. The number of fused-ring (bicyclic) bond motifs is 2. The molecule has 174 valence electrons. The summed E-state index contributed by atoms with van der Waals surface area (Å²) >= 11 is 0. The average molecular weight is 472 g/mol. The van der Waals surface area contributed by atoms with Crippen molar-refractivity contribution in [2.24, 2.45) is 0 Å². The number of para-hydroxylation sites is 2. The van der Waals surface area contributed by atoms with Crippen LogP contribution in [-0.2, 0) is 12.8 Å². The van der Waals surface area contributed by atoms with E-state index in [-0.39, 0.29) is 0 Å². The minimum atomic E-state index is -0.474. The van der Waals surface area contributed by atoms with Gasteiger partial charge in [-0.3, -0.25) is 0 Å². The van der Waals surface area contributed by atoms with Crippen LogP contribution < -0.4 is 11.3 Å². The summed E-state index contributed by atoms with van der Waals surface area (Å²) in [6, 6.07) is 32.3. The van der Waals surface area contributed by atoms with Crippen molar-refractivity contribution in [3.8, 4) is 22.5 Å². The first-order valence-electron chi connectivity index (χ1n) is 11.8. The van der Waals surface area contributed by atoms with E-state index in [1.165, 1.54) is 5.56 Å². The molecule has 0 unspecified atom stereocenters. The first-order valence-corrected chi connectivity index (χ1v) is 11.8. The predicted molar refractivity (Wildman–Crippen MR) is 141 cm³/mol. The fourth-order valence-corrected chi connectivity index (χ4v) is 4.42. The molecule has 0 amide bonds. The Morgan fingerprint density at radius 3 is 1.56 bits per heavy atom. The number of rotatable bonds is 5. The van der Waals surface area contributed by atoms with E-state index in [1.807, 2.05) is 66.7 Å². The molecule has 0 fully saturated rings. The van der Waals surface area contributed by atoms with Crippen LogP contribution in [0.3, 0.4) is 0 Å². The van der Waals surface area contributed by atoms with Crippen molar-refractivity contribution in [3.05, 3.63) is 135 Å². The highest BCUT2D eigenvalue weighted by Gasteiger charge is 2.16. The fraction of sp³-hybridized carbons (Fsp3) is 0.0645. The maximum absolute atomic E-state index is 12.9. The summed E-state index contributed by atoms with van der Waals surface area (Å²) in [7, 11) is 0. The second-order valence-corrected chi connectivity index (χ2v) is 8.70. The van der Waals surface area contributed by atoms with E-state index in [0.717, 1.165) is 22.8 Å². The molecule has 6 aromatic rings. The van der Waals surface area contributed by atoms with E-state index >= 15 is 0 Å². The van der Waals surface area contributed by atoms with Crippen molar-refractivity contribution in [3.63, 3.8) is 0 Å². The molecule has 3 aromatic heterocycles. The SMILES string of the molecule is O=c1oc2ccccc2cc1-c1cc(CCc2ccccc2)cc(-c2cc3ccccc3oc2=O)n1. The normalized spacial score (nSPS) is 11.2. The minimum Gasteiger partial charge on any atom is -0.422 e. The third-order valence-electron chi connectivity index (χ3n) is 6.27. The standard InChI is InChI=1S/C31H21NO4/c33-30-24(18-22-10-4-6-12-28(22)35-30)26-16-21(15-14-20-8-2-1-3-9-20)17-27(32-26)25-19-23-11-5-7-13-29(23)36-31(25)34/h1-13,16-19H,14-15H2. The van der Waals surface area contributed by atoms with Crippen molar-refractivity contribution in [1.29, 1.82) is 0 Å². The van der Waals surface area contributed by atoms with Gasteiger partial charge < -0.3 is 8.83 Å². The predicted octanol–water partition coefficient (Wildman–Crippen LogP) is 6.41. The van der Waals surface area contributed by atoms with Crippen LogP contribution in [0.1, 0.15) is 11.1 Å². The Labute approximate surface area is 206 Å². The highest BCUT2D eigenvalue weighted by molar-refractivity contribution is 5.83. The Balaban J connectivity index is 1.52. The van der Waals surface area contributed by atoms with E-state index in [0.29, 0.717) is 40.1 Å². The molecule has 0 aliphatic heterocycles. The fourth-order valence-electron chi connectivity index (χ4n) is 4.42. The zero-order valence-electron chi connectivity index (χ0n) is 19.3. The van der Waals surface area contributed by atoms with Gasteiger partial charge in [-0.2, -0.15) is 0 Å². The number of hydrogen-bond donors (Lipinski definition) is 0. The van der Waals surface area contributed by atoms with Gasteiger partial charge in [0, 0.05) is 10.8 Å². The zero-order valence-corrected chi connectivity index (χ0v) is 19.3. The van der Waals surface area contributed by atoms with Gasteiger partial charge in [0.05, 0.1) is 22.5 Å². The van der Waals surface area contributed by atoms with Gasteiger partial charge in [0.2, 0.25) is 0 Å². The van der Waals surface area contributed by atoms with E-state index in [9.17, 15) is 9.59 Å². The number of pyridine rings is 1. The first kappa shape index (κ1) is 21.7. The van der Waals surface area contributed by atoms with Crippen LogP contribution in [0.5, 0.6) is 0 Å². The molecule has 3 heterocycles. The molecule has 0 bridgehead atoms. The van der Waals surface area contributed by atoms with Gasteiger partial charge in [0.25, 0.3) is 0 Å². The molecule has 6 rings (SSSR count). The van der Waals surface area contributed by atoms with Crippen LogP contribution in [0, 0.1) is 0 Å². The smallest absolute Gasteiger partial charge is 0.345 e. The maximum Gasteiger partial charge on any atom is 0.345 e. The van der Waals surface area contributed by atoms with Crippen LogP contribution >= 0.6 is 0 Å². The molecule has 0 aliphatic rings. The lowest BCUT2D eigenvalue weighted by Crippen LogP contribution is -2.08. The van der Waals surface area contributed by atoms with E-state index < -0.39 is 11.3 Å². The summed E-state index contributed by atoms with van der Waals surface area (Å²) in [4.78, 5) is 30.6. The topological polar surface area (TPSA) is 73.3 Å². The van der Waals surface area contributed by atoms with E-state index in [2.05, 4.69) is 12.1 Å². The van der Waals surface area contributed by atoms with Crippen molar-refractivity contribution in [2.75, 3.05) is 0 Å². The molecule has 36 heavy (non-hydrogen) atoms. The van der Waals surface area contributed by atoms with Crippen molar-refractivity contribution >= 4 is 21.9 Å². The van der Waals surface area contributed by atoms with Crippen molar-refractivity contribution in [1.82, 2.24) is 4.98 Å². The Kier molecular flexibility index (Phi) is 5.51. The van der Waals surface area contributed by atoms with Crippen LogP contribution in [0.25, 0.3) is 44.5 Å². The number of hydrogen-bond acceptors (Lipinski definition) is 5. The third-order valence-corrected chi connectivity index (χ3v) is 6.27. The molecule has 3 aromatic carbocycles. The lowest BCUT2D eigenvalue weighted by atomic mass is 10.00. The highest BCUT2D eigenvalue weighted by atomic mass is 16.4. The Morgan fingerprint density at radius 1 is 0.528 bits per heavy atom. The van der Waals surface area contributed by atoms with Gasteiger partial charge in [0.15, 0.2) is 0 Å². The Bertz CT molecular complexity index is 1720. The van der Waals surface area contributed by atoms with Crippen LogP contribution in [0.2, 0.25) is 0 Å².